The van der Waals surface area contributed by atoms with Gasteiger partial charge in [-0.15, -0.1) is 0 Å². The molecule has 0 bridgehead atoms. The fourth-order valence-corrected chi connectivity index (χ4v) is 5.58. The van der Waals surface area contributed by atoms with Crippen LogP contribution in [0.5, 0.6) is 11.5 Å². The molecule has 6 rings (SSSR count). The number of hydrogen-bond donors (Lipinski definition) is 1. The van der Waals surface area contributed by atoms with E-state index in [0.29, 0.717) is 48.1 Å². The van der Waals surface area contributed by atoms with E-state index < -0.39 is 0 Å². The van der Waals surface area contributed by atoms with Crippen LogP contribution in [0.3, 0.4) is 0 Å². The Bertz CT molecular complexity index is 1750. The van der Waals surface area contributed by atoms with Crippen LogP contribution in [0.25, 0.3) is 22.5 Å². The molecule has 1 N–H and O–H groups in total. The normalized spacial score (nSPS) is 12.9. The summed E-state index contributed by atoms with van der Waals surface area (Å²) in [5, 5.41) is 7.22. The van der Waals surface area contributed by atoms with Crippen molar-refractivity contribution in [3.8, 4) is 33.9 Å². The van der Waals surface area contributed by atoms with E-state index in [0.717, 1.165) is 41.8 Å². The Labute approximate surface area is 258 Å². The standard InChI is InChI=1S/C37H37N3O4/c1-4-38-37(41)35-34(29-15-16-30-22-40(3)18-17-28(30)20-29)36(44-39-35)31-19-25(2)32(42-23-26-11-7-5-8-12-26)21-33(31)43-24-27-13-9-6-10-14-27/h5-16,19-21H,4,17-18,22-24H2,1-3H3,(H,38,41). The Hall–Kier alpha value is -4.88. The van der Waals surface area contributed by atoms with Crippen molar-refractivity contribution in [3.05, 3.63) is 125 Å². The minimum atomic E-state index is -0.277. The Kier molecular flexibility index (Phi) is 8.75. The lowest BCUT2D eigenvalue weighted by Crippen LogP contribution is -2.26. The monoisotopic (exact) mass is 587 g/mol. The quantitative estimate of drug-likeness (QED) is 0.186. The van der Waals surface area contributed by atoms with Gasteiger partial charge in [0.05, 0.1) is 11.1 Å². The fraction of sp³-hybridized carbons (Fsp3) is 0.243. The number of nitrogens with zero attached hydrogens (tertiary/aromatic N) is 2. The van der Waals surface area contributed by atoms with Gasteiger partial charge in [0, 0.05) is 25.7 Å². The first-order chi connectivity index (χ1) is 21.5. The zero-order valence-corrected chi connectivity index (χ0v) is 25.4. The molecule has 0 atom stereocenters. The third-order valence-corrected chi connectivity index (χ3v) is 7.94. The molecule has 7 nitrogen and oxygen atoms in total. The summed E-state index contributed by atoms with van der Waals surface area (Å²) in [5.74, 6) is 1.51. The number of aromatic nitrogens is 1. The second kappa shape index (κ2) is 13.2. The molecule has 44 heavy (non-hydrogen) atoms. The van der Waals surface area contributed by atoms with Crippen molar-refractivity contribution in [3.63, 3.8) is 0 Å². The molecule has 0 radical (unpaired) electrons. The largest absolute Gasteiger partial charge is 0.488 e. The molecule has 1 aromatic heterocycles. The van der Waals surface area contributed by atoms with Crippen molar-refractivity contribution in [2.45, 2.75) is 40.0 Å². The number of ether oxygens (including phenoxy) is 2. The summed E-state index contributed by atoms with van der Waals surface area (Å²) in [5.41, 5.74) is 8.10. The highest BCUT2D eigenvalue weighted by Crippen LogP contribution is 2.43. The van der Waals surface area contributed by atoms with Gasteiger partial charge in [-0.25, -0.2) is 0 Å². The van der Waals surface area contributed by atoms with Crippen LogP contribution in [-0.4, -0.2) is 36.1 Å². The van der Waals surface area contributed by atoms with Crippen LogP contribution >= 0.6 is 0 Å². The lowest BCUT2D eigenvalue weighted by molar-refractivity contribution is 0.0947. The second-order valence-electron chi connectivity index (χ2n) is 11.2. The highest BCUT2D eigenvalue weighted by atomic mass is 16.5. The van der Waals surface area contributed by atoms with Crippen molar-refractivity contribution >= 4 is 5.91 Å². The van der Waals surface area contributed by atoms with Crippen LogP contribution in [0, 0.1) is 6.92 Å². The average Bonchev–Trinajstić information content (AvgIpc) is 3.49. The third kappa shape index (κ3) is 6.38. The average molecular weight is 588 g/mol. The van der Waals surface area contributed by atoms with E-state index in [9.17, 15) is 4.79 Å². The molecule has 224 valence electrons. The van der Waals surface area contributed by atoms with Crippen molar-refractivity contribution in [1.82, 2.24) is 15.4 Å². The number of nitrogens with one attached hydrogen (secondary N) is 1. The zero-order valence-electron chi connectivity index (χ0n) is 25.4. The summed E-state index contributed by atoms with van der Waals surface area (Å²) < 4.78 is 18.8. The summed E-state index contributed by atoms with van der Waals surface area (Å²) in [6, 6.07) is 30.4. The molecule has 0 saturated heterocycles. The van der Waals surface area contributed by atoms with E-state index >= 15 is 0 Å². The van der Waals surface area contributed by atoms with E-state index in [-0.39, 0.29) is 11.6 Å². The molecule has 7 heteroatoms. The first-order valence-corrected chi connectivity index (χ1v) is 15.1. The topological polar surface area (TPSA) is 76.8 Å². The molecule has 4 aromatic carbocycles. The molecule has 1 amide bonds. The maximum atomic E-state index is 13.3. The molecule has 1 aliphatic heterocycles. The molecular weight excluding hydrogens is 550 g/mol. The lowest BCUT2D eigenvalue weighted by Gasteiger charge is -2.25. The summed E-state index contributed by atoms with van der Waals surface area (Å²) >= 11 is 0. The van der Waals surface area contributed by atoms with Gasteiger partial charge in [-0.05, 0) is 66.8 Å². The van der Waals surface area contributed by atoms with Crippen LogP contribution in [-0.2, 0) is 26.2 Å². The number of likely N-dealkylation sites (N-methyl/N-ethyl adjacent to an activating group) is 1. The maximum Gasteiger partial charge on any atom is 0.274 e. The Balaban J connectivity index is 1.45. The van der Waals surface area contributed by atoms with Gasteiger partial charge in [-0.3, -0.25) is 4.79 Å². The van der Waals surface area contributed by atoms with Crippen LogP contribution < -0.4 is 14.8 Å². The van der Waals surface area contributed by atoms with Crippen LogP contribution in [0.15, 0.2) is 95.5 Å². The predicted octanol–water partition coefficient (Wildman–Crippen LogP) is 7.21. The van der Waals surface area contributed by atoms with E-state index in [1.807, 2.05) is 86.6 Å². The number of carbonyl (C=O) groups is 1. The number of benzene rings is 4. The number of carbonyl (C=O) groups excluding carboxylic acids is 1. The summed E-state index contributed by atoms with van der Waals surface area (Å²) in [4.78, 5) is 15.6. The van der Waals surface area contributed by atoms with E-state index in [4.69, 9.17) is 14.0 Å². The molecular formula is C37H37N3O4. The predicted molar refractivity (Wildman–Crippen MR) is 172 cm³/mol. The van der Waals surface area contributed by atoms with Gasteiger partial charge in [0.2, 0.25) is 0 Å². The summed E-state index contributed by atoms with van der Waals surface area (Å²) in [6.45, 7) is 7.04. The number of fused-ring (bicyclic) bond motifs is 1. The fourth-order valence-electron chi connectivity index (χ4n) is 5.58. The van der Waals surface area contributed by atoms with Crippen LogP contribution in [0.1, 0.15) is 45.2 Å². The summed E-state index contributed by atoms with van der Waals surface area (Å²) in [7, 11) is 2.13. The van der Waals surface area contributed by atoms with Crippen molar-refractivity contribution < 1.29 is 18.8 Å². The highest BCUT2D eigenvalue weighted by Gasteiger charge is 2.28. The van der Waals surface area contributed by atoms with Crippen molar-refractivity contribution in [2.24, 2.45) is 0 Å². The Morgan fingerprint density at radius 3 is 2.25 bits per heavy atom. The smallest absolute Gasteiger partial charge is 0.274 e. The zero-order chi connectivity index (χ0) is 30.5. The second-order valence-corrected chi connectivity index (χ2v) is 11.2. The maximum absolute atomic E-state index is 13.3. The molecule has 0 saturated carbocycles. The molecule has 0 unspecified atom stereocenters. The summed E-state index contributed by atoms with van der Waals surface area (Å²) in [6.07, 6.45) is 0.939. The first kappa shape index (κ1) is 29.2. The van der Waals surface area contributed by atoms with Crippen LogP contribution in [0.4, 0.5) is 0 Å². The molecule has 5 aromatic rings. The van der Waals surface area contributed by atoms with E-state index in [1.54, 1.807) is 0 Å². The molecule has 2 heterocycles. The van der Waals surface area contributed by atoms with Crippen molar-refractivity contribution in [2.75, 3.05) is 20.1 Å². The lowest BCUT2D eigenvalue weighted by atomic mass is 9.92. The van der Waals surface area contributed by atoms with Gasteiger partial charge in [-0.1, -0.05) is 84.0 Å². The third-order valence-electron chi connectivity index (χ3n) is 7.94. The number of hydrogen-bond acceptors (Lipinski definition) is 6. The Morgan fingerprint density at radius 2 is 1.57 bits per heavy atom. The van der Waals surface area contributed by atoms with E-state index in [1.165, 1.54) is 11.1 Å². The molecule has 0 fully saturated rings. The van der Waals surface area contributed by atoms with Crippen LogP contribution in [0.2, 0.25) is 0 Å². The van der Waals surface area contributed by atoms with E-state index in [2.05, 4.69) is 40.6 Å². The number of rotatable bonds is 10. The first-order valence-electron chi connectivity index (χ1n) is 15.1. The molecule has 0 aliphatic carbocycles. The highest BCUT2D eigenvalue weighted by molar-refractivity contribution is 6.02. The van der Waals surface area contributed by atoms with Gasteiger partial charge in [0.25, 0.3) is 5.91 Å². The van der Waals surface area contributed by atoms with Gasteiger partial charge in [0.15, 0.2) is 11.5 Å². The van der Waals surface area contributed by atoms with Gasteiger partial charge in [0.1, 0.15) is 24.7 Å². The SMILES string of the molecule is CCNC(=O)c1noc(-c2cc(C)c(OCc3ccccc3)cc2OCc2ccccc2)c1-c1ccc2c(c1)CCN(C)C2. The van der Waals surface area contributed by atoms with Gasteiger partial charge in [-0.2, -0.15) is 0 Å². The Morgan fingerprint density at radius 1 is 0.886 bits per heavy atom. The minimum absolute atomic E-state index is 0.255. The minimum Gasteiger partial charge on any atom is -0.488 e. The van der Waals surface area contributed by atoms with Gasteiger partial charge < -0.3 is 24.2 Å². The number of aryl methyl sites for hydroxylation is 1. The van der Waals surface area contributed by atoms with Gasteiger partial charge >= 0.3 is 0 Å². The van der Waals surface area contributed by atoms with Crippen molar-refractivity contribution in [1.29, 1.82) is 0 Å². The number of amides is 1. The molecule has 1 aliphatic rings. The molecule has 0 spiro atoms.